The molecule has 3 rings (SSSR count). The Balaban J connectivity index is 2.07. The van der Waals surface area contributed by atoms with Crippen LogP contribution >= 0.6 is 0 Å². The molecule has 0 amide bonds. The van der Waals surface area contributed by atoms with Crippen molar-refractivity contribution in [2.45, 2.75) is 38.1 Å². The zero-order valence-corrected chi connectivity index (χ0v) is 10.7. The predicted octanol–water partition coefficient (Wildman–Crippen LogP) is 3.56. The van der Waals surface area contributed by atoms with Gasteiger partial charge in [-0.1, -0.05) is 31.0 Å². The number of fused-ring (bicyclic) bond motifs is 1. The topological polar surface area (TPSA) is 50.9 Å². The van der Waals surface area contributed by atoms with Crippen LogP contribution in [0.2, 0.25) is 0 Å². The van der Waals surface area contributed by atoms with Gasteiger partial charge in [0.1, 0.15) is 0 Å². The summed E-state index contributed by atoms with van der Waals surface area (Å²) >= 11 is 0. The van der Waals surface area contributed by atoms with Crippen LogP contribution in [0, 0.1) is 0 Å². The number of hydrogen-bond donors (Lipinski definition) is 2. The van der Waals surface area contributed by atoms with Crippen molar-refractivity contribution in [3.8, 4) is 0 Å². The van der Waals surface area contributed by atoms with Gasteiger partial charge in [-0.2, -0.15) is 0 Å². The highest BCUT2D eigenvalue weighted by Gasteiger charge is 2.29. The van der Waals surface area contributed by atoms with Gasteiger partial charge in [0, 0.05) is 10.9 Å². The Morgan fingerprint density at radius 1 is 1.22 bits per heavy atom. The van der Waals surface area contributed by atoms with Crippen molar-refractivity contribution < 1.29 is 0 Å². The molecular weight excluding hydrogens is 222 g/mol. The first kappa shape index (κ1) is 11.3. The Kier molecular flexibility index (Phi) is 2.62. The number of hydrogen-bond acceptors (Lipinski definition) is 3. The van der Waals surface area contributed by atoms with E-state index in [9.17, 15) is 0 Å². The minimum Gasteiger partial charge on any atom is -0.396 e. The van der Waals surface area contributed by atoms with Crippen LogP contribution in [0.25, 0.3) is 10.9 Å². The molecule has 18 heavy (non-hydrogen) atoms. The fourth-order valence-corrected chi connectivity index (χ4v) is 2.88. The van der Waals surface area contributed by atoms with Gasteiger partial charge in [0.2, 0.25) is 0 Å². The quantitative estimate of drug-likeness (QED) is 0.845. The maximum Gasteiger partial charge on any atom is 0.0743 e. The van der Waals surface area contributed by atoms with E-state index in [4.69, 9.17) is 5.73 Å². The van der Waals surface area contributed by atoms with E-state index >= 15 is 0 Å². The van der Waals surface area contributed by atoms with Gasteiger partial charge in [-0.15, -0.1) is 0 Å². The van der Waals surface area contributed by atoms with E-state index in [1.807, 2.05) is 18.2 Å². The van der Waals surface area contributed by atoms with E-state index in [-0.39, 0.29) is 5.54 Å². The first-order chi connectivity index (χ1) is 8.68. The van der Waals surface area contributed by atoms with Crippen LogP contribution in [0.3, 0.4) is 0 Å². The normalized spacial score (nSPS) is 18.1. The summed E-state index contributed by atoms with van der Waals surface area (Å²) in [6.07, 6.45) is 6.77. The molecule has 0 spiro atoms. The zero-order valence-electron chi connectivity index (χ0n) is 10.7. The highest BCUT2D eigenvalue weighted by atomic mass is 15.0. The predicted molar refractivity (Wildman–Crippen MR) is 76.7 cm³/mol. The van der Waals surface area contributed by atoms with Crippen LogP contribution in [0.15, 0.2) is 30.5 Å². The maximum absolute atomic E-state index is 6.10. The summed E-state index contributed by atoms with van der Waals surface area (Å²) in [4.78, 5) is 4.37. The number of rotatable bonds is 2. The SMILES string of the molecule is CC1(Nc2c(N)cnc3ccccc23)CCCC1. The number of pyridine rings is 1. The highest BCUT2D eigenvalue weighted by molar-refractivity contribution is 5.97. The second-order valence-corrected chi connectivity index (χ2v) is 5.50. The molecule has 3 nitrogen and oxygen atoms in total. The van der Waals surface area contributed by atoms with Crippen LogP contribution in [0.1, 0.15) is 32.6 Å². The minimum atomic E-state index is 0.179. The Hall–Kier alpha value is -1.77. The molecule has 0 radical (unpaired) electrons. The van der Waals surface area contributed by atoms with Gasteiger partial charge < -0.3 is 11.1 Å². The summed E-state index contributed by atoms with van der Waals surface area (Å²) < 4.78 is 0. The lowest BCUT2D eigenvalue weighted by Gasteiger charge is -2.28. The van der Waals surface area contributed by atoms with Crippen LogP contribution in [-0.4, -0.2) is 10.5 Å². The molecular formula is C15H19N3. The van der Waals surface area contributed by atoms with Gasteiger partial charge in [0.25, 0.3) is 0 Å². The molecule has 3 N–H and O–H groups in total. The average molecular weight is 241 g/mol. The standard InChI is InChI=1S/C15H19N3/c1-15(8-4-5-9-15)18-14-11-6-2-3-7-13(11)17-10-12(14)16/h2-3,6-7,10H,4-5,8-9,16H2,1H3,(H,17,18). The molecule has 0 bridgehead atoms. The molecule has 2 aromatic rings. The van der Waals surface area contributed by atoms with Crippen molar-refractivity contribution in [1.29, 1.82) is 0 Å². The van der Waals surface area contributed by atoms with E-state index in [0.29, 0.717) is 0 Å². The van der Waals surface area contributed by atoms with Gasteiger partial charge >= 0.3 is 0 Å². The van der Waals surface area contributed by atoms with E-state index < -0.39 is 0 Å². The van der Waals surface area contributed by atoms with Crippen molar-refractivity contribution in [3.05, 3.63) is 30.5 Å². The minimum absolute atomic E-state index is 0.179. The molecule has 3 heteroatoms. The summed E-state index contributed by atoms with van der Waals surface area (Å²) in [7, 11) is 0. The largest absolute Gasteiger partial charge is 0.396 e. The molecule has 1 saturated carbocycles. The number of anilines is 2. The van der Waals surface area contributed by atoms with E-state index in [2.05, 4.69) is 23.3 Å². The number of benzene rings is 1. The lowest BCUT2D eigenvalue weighted by atomic mass is 9.99. The molecule has 0 atom stereocenters. The fraction of sp³-hybridized carbons (Fsp3) is 0.400. The summed E-state index contributed by atoms with van der Waals surface area (Å²) in [6, 6.07) is 8.15. The van der Waals surface area contributed by atoms with E-state index in [0.717, 1.165) is 22.3 Å². The van der Waals surface area contributed by atoms with Crippen LogP contribution < -0.4 is 11.1 Å². The summed E-state index contributed by atoms with van der Waals surface area (Å²) in [5.74, 6) is 0. The average Bonchev–Trinajstić information content (AvgIpc) is 2.80. The molecule has 0 saturated heterocycles. The highest BCUT2D eigenvalue weighted by Crippen LogP contribution is 2.36. The first-order valence-electron chi connectivity index (χ1n) is 6.59. The smallest absolute Gasteiger partial charge is 0.0743 e. The molecule has 1 aliphatic rings. The molecule has 1 fully saturated rings. The second kappa shape index (κ2) is 4.16. The van der Waals surface area contributed by atoms with Gasteiger partial charge in [-0.3, -0.25) is 4.98 Å². The lowest BCUT2D eigenvalue weighted by Crippen LogP contribution is -2.31. The van der Waals surface area contributed by atoms with Crippen LogP contribution in [0.4, 0.5) is 11.4 Å². The molecule has 0 unspecified atom stereocenters. The number of aromatic nitrogens is 1. The fourth-order valence-electron chi connectivity index (χ4n) is 2.88. The van der Waals surface area contributed by atoms with E-state index in [1.54, 1.807) is 6.20 Å². The van der Waals surface area contributed by atoms with E-state index in [1.165, 1.54) is 25.7 Å². The number of nitrogens with one attached hydrogen (secondary N) is 1. The Morgan fingerprint density at radius 3 is 2.72 bits per heavy atom. The van der Waals surface area contributed by atoms with Gasteiger partial charge in [0.05, 0.1) is 23.1 Å². The van der Waals surface area contributed by atoms with Crippen molar-refractivity contribution >= 4 is 22.3 Å². The third-order valence-corrected chi connectivity index (χ3v) is 3.94. The van der Waals surface area contributed by atoms with Gasteiger partial charge in [-0.25, -0.2) is 0 Å². The summed E-state index contributed by atoms with van der Waals surface area (Å²) in [6.45, 7) is 2.29. The molecule has 94 valence electrons. The summed E-state index contributed by atoms with van der Waals surface area (Å²) in [5.41, 5.74) is 9.06. The lowest BCUT2D eigenvalue weighted by molar-refractivity contribution is 0.534. The van der Waals surface area contributed by atoms with Gasteiger partial charge in [-0.05, 0) is 25.8 Å². The Labute approximate surface area is 107 Å². The number of nitrogens with zero attached hydrogens (tertiary/aromatic N) is 1. The Morgan fingerprint density at radius 2 is 1.94 bits per heavy atom. The molecule has 1 heterocycles. The third kappa shape index (κ3) is 1.90. The third-order valence-electron chi connectivity index (χ3n) is 3.94. The van der Waals surface area contributed by atoms with Crippen molar-refractivity contribution in [2.24, 2.45) is 0 Å². The van der Waals surface area contributed by atoms with Crippen LogP contribution in [0.5, 0.6) is 0 Å². The molecule has 1 aromatic carbocycles. The van der Waals surface area contributed by atoms with Crippen molar-refractivity contribution in [3.63, 3.8) is 0 Å². The maximum atomic E-state index is 6.10. The number of para-hydroxylation sites is 1. The second-order valence-electron chi connectivity index (χ2n) is 5.50. The number of nitrogen functional groups attached to an aromatic ring is 1. The Bertz CT molecular complexity index is 571. The van der Waals surface area contributed by atoms with Crippen LogP contribution in [-0.2, 0) is 0 Å². The van der Waals surface area contributed by atoms with Crippen molar-refractivity contribution in [1.82, 2.24) is 4.98 Å². The molecule has 1 aliphatic carbocycles. The molecule has 0 aliphatic heterocycles. The monoisotopic (exact) mass is 241 g/mol. The zero-order chi connectivity index (χ0) is 12.6. The van der Waals surface area contributed by atoms with Gasteiger partial charge in [0.15, 0.2) is 0 Å². The number of nitrogens with two attached hydrogens (primary N) is 1. The first-order valence-corrected chi connectivity index (χ1v) is 6.59. The summed E-state index contributed by atoms with van der Waals surface area (Å²) in [5, 5.41) is 4.78. The van der Waals surface area contributed by atoms with Crippen molar-refractivity contribution in [2.75, 3.05) is 11.1 Å². The molecule has 1 aromatic heterocycles.